The van der Waals surface area contributed by atoms with E-state index in [-0.39, 0.29) is 0 Å². The summed E-state index contributed by atoms with van der Waals surface area (Å²) in [6.45, 7) is 0.975. The monoisotopic (exact) mass is 484 g/mol. The number of benzene rings is 4. The van der Waals surface area contributed by atoms with Crippen LogP contribution in [0.15, 0.2) is 121 Å². The molecule has 0 atom stereocenters. The van der Waals surface area contributed by atoms with Gasteiger partial charge < -0.3 is 13.9 Å². The van der Waals surface area contributed by atoms with Gasteiger partial charge in [-0.3, -0.25) is 0 Å². The van der Waals surface area contributed by atoms with Crippen LogP contribution in [-0.2, 0) is 17.8 Å². The van der Waals surface area contributed by atoms with Crippen molar-refractivity contribution in [2.75, 3.05) is 0 Å². The minimum absolute atomic E-state index is 0.337. The van der Waals surface area contributed by atoms with E-state index in [0.29, 0.717) is 24.5 Å². The average molecular weight is 485 g/mol. The van der Waals surface area contributed by atoms with Gasteiger partial charge in [0.05, 0.1) is 0 Å². The molecule has 0 bridgehead atoms. The zero-order valence-electron chi connectivity index (χ0n) is 20.1. The molecule has 5 heteroatoms. The fourth-order valence-corrected chi connectivity index (χ4v) is 4.82. The van der Waals surface area contributed by atoms with Crippen molar-refractivity contribution in [3.05, 3.63) is 144 Å². The van der Waals surface area contributed by atoms with Gasteiger partial charge in [0.15, 0.2) is 0 Å². The van der Waals surface area contributed by atoms with E-state index in [0.717, 1.165) is 32.9 Å². The first-order valence-electron chi connectivity index (χ1n) is 12.2. The van der Waals surface area contributed by atoms with Crippen LogP contribution in [0.25, 0.3) is 21.8 Å². The van der Waals surface area contributed by atoms with E-state index in [1.54, 1.807) is 12.1 Å². The van der Waals surface area contributed by atoms with Gasteiger partial charge in [-0.05, 0) is 35.4 Å². The number of hydrogen-bond acceptors (Lipinski definition) is 3. The van der Waals surface area contributed by atoms with Crippen LogP contribution in [0.2, 0.25) is 0 Å². The largest absolute Gasteiger partial charge is 0.383 e. The molecule has 0 N–H and O–H groups in total. The smallest absolute Gasteiger partial charge is 0.362 e. The van der Waals surface area contributed by atoms with Gasteiger partial charge in [-0.15, -0.1) is 0 Å². The highest BCUT2D eigenvalue weighted by Crippen LogP contribution is 2.25. The van der Waals surface area contributed by atoms with Crippen LogP contribution in [0.1, 0.15) is 32.1 Å². The molecule has 6 rings (SSSR count). The number of para-hydroxylation sites is 2. The summed E-state index contributed by atoms with van der Waals surface area (Å²) in [5.74, 6) is -1.35. The number of hydrogen-bond donors (Lipinski definition) is 0. The quantitative estimate of drug-likeness (QED) is 0.195. The van der Waals surface area contributed by atoms with Crippen molar-refractivity contribution < 1.29 is 14.3 Å². The predicted octanol–water partition coefficient (Wildman–Crippen LogP) is 6.69. The highest BCUT2D eigenvalue weighted by molar-refractivity contribution is 6.05. The lowest BCUT2D eigenvalue weighted by molar-refractivity contribution is 0.0384. The third-order valence-electron chi connectivity index (χ3n) is 6.59. The van der Waals surface area contributed by atoms with Gasteiger partial charge >= 0.3 is 11.9 Å². The molecular weight excluding hydrogens is 460 g/mol. The predicted molar refractivity (Wildman–Crippen MR) is 145 cm³/mol. The lowest BCUT2D eigenvalue weighted by Gasteiger charge is -2.12. The first kappa shape index (κ1) is 22.6. The molecule has 2 aromatic heterocycles. The summed E-state index contributed by atoms with van der Waals surface area (Å²) in [7, 11) is 0. The van der Waals surface area contributed by atoms with Crippen LogP contribution in [0, 0.1) is 0 Å². The summed E-state index contributed by atoms with van der Waals surface area (Å²) in [4.78, 5) is 26.8. The number of fused-ring (bicyclic) bond motifs is 2. The highest BCUT2D eigenvalue weighted by Gasteiger charge is 2.24. The van der Waals surface area contributed by atoms with Crippen LogP contribution >= 0.6 is 0 Å². The molecular formula is C32H24N2O3. The number of carbonyl (C=O) groups excluding carboxylic acids is 2. The fraction of sp³-hybridized carbons (Fsp3) is 0.0625. The Bertz CT molecular complexity index is 1600. The van der Waals surface area contributed by atoms with E-state index in [2.05, 4.69) is 0 Å². The second-order valence-corrected chi connectivity index (χ2v) is 9.00. The molecule has 0 radical (unpaired) electrons. The Morgan fingerprint density at radius 1 is 0.514 bits per heavy atom. The standard InChI is InChI=1S/C32H24N2O3/c35-31(29-19-25-15-7-9-17-27(25)33(29)21-23-11-3-1-4-12-23)37-32(36)30-20-26-16-8-10-18-28(26)34(30)22-24-13-5-2-6-14-24/h1-20H,21-22H2. The first-order valence-corrected chi connectivity index (χ1v) is 12.2. The normalized spacial score (nSPS) is 11.1. The molecule has 180 valence electrons. The van der Waals surface area contributed by atoms with E-state index in [1.165, 1.54) is 0 Å². The molecule has 4 aromatic carbocycles. The van der Waals surface area contributed by atoms with Crippen molar-refractivity contribution in [3.8, 4) is 0 Å². The SMILES string of the molecule is O=C(OC(=O)c1cc2ccccc2n1Cc1ccccc1)c1cc2ccccc2n1Cc1ccccc1. The molecule has 0 saturated carbocycles. The zero-order chi connectivity index (χ0) is 25.2. The molecule has 0 saturated heterocycles. The van der Waals surface area contributed by atoms with E-state index >= 15 is 0 Å². The molecule has 0 aliphatic rings. The Labute approximate surface area is 214 Å². The third-order valence-corrected chi connectivity index (χ3v) is 6.59. The second kappa shape index (κ2) is 9.63. The van der Waals surface area contributed by atoms with Gasteiger partial charge in [-0.1, -0.05) is 97.1 Å². The molecule has 6 aromatic rings. The lowest BCUT2D eigenvalue weighted by Crippen LogP contribution is -2.19. The number of nitrogens with zero attached hydrogens (tertiary/aromatic N) is 2. The minimum Gasteiger partial charge on any atom is -0.383 e. The average Bonchev–Trinajstić information content (AvgIpc) is 3.49. The summed E-state index contributed by atoms with van der Waals surface area (Å²) in [5.41, 5.74) is 4.58. The van der Waals surface area contributed by atoms with Crippen LogP contribution in [0.5, 0.6) is 0 Å². The number of carbonyl (C=O) groups is 2. The van der Waals surface area contributed by atoms with Gasteiger partial charge in [0, 0.05) is 34.9 Å². The van der Waals surface area contributed by atoms with Gasteiger partial charge in [0.25, 0.3) is 0 Å². The van der Waals surface area contributed by atoms with E-state index in [4.69, 9.17) is 4.74 Å². The molecule has 0 aliphatic carbocycles. The maximum Gasteiger partial charge on any atom is 0.362 e. The van der Waals surface area contributed by atoms with Gasteiger partial charge in [0.2, 0.25) is 0 Å². The maximum atomic E-state index is 13.4. The molecule has 2 heterocycles. The molecule has 0 fully saturated rings. The zero-order valence-corrected chi connectivity index (χ0v) is 20.1. The van der Waals surface area contributed by atoms with Crippen molar-refractivity contribution in [3.63, 3.8) is 0 Å². The van der Waals surface area contributed by atoms with Crippen LogP contribution in [0.4, 0.5) is 0 Å². The summed E-state index contributed by atoms with van der Waals surface area (Å²) >= 11 is 0. The number of aromatic nitrogens is 2. The van der Waals surface area contributed by atoms with Crippen molar-refractivity contribution in [2.24, 2.45) is 0 Å². The molecule has 0 unspecified atom stereocenters. The van der Waals surface area contributed by atoms with E-state index in [1.807, 2.05) is 118 Å². The van der Waals surface area contributed by atoms with Crippen molar-refractivity contribution >= 4 is 33.7 Å². The number of esters is 2. The summed E-state index contributed by atoms with van der Waals surface area (Å²) in [5, 5.41) is 1.83. The minimum atomic E-state index is -0.673. The third kappa shape index (κ3) is 4.43. The lowest BCUT2D eigenvalue weighted by atomic mass is 10.2. The van der Waals surface area contributed by atoms with Crippen molar-refractivity contribution in [1.29, 1.82) is 0 Å². The van der Waals surface area contributed by atoms with Crippen molar-refractivity contribution in [1.82, 2.24) is 9.13 Å². The Kier molecular flexibility index (Phi) is 5.87. The van der Waals surface area contributed by atoms with Crippen molar-refractivity contribution in [2.45, 2.75) is 13.1 Å². The molecule has 0 spiro atoms. The topological polar surface area (TPSA) is 53.2 Å². The van der Waals surface area contributed by atoms with Gasteiger partial charge in [0.1, 0.15) is 11.4 Å². The van der Waals surface area contributed by atoms with Crippen LogP contribution in [0.3, 0.4) is 0 Å². The van der Waals surface area contributed by atoms with Crippen LogP contribution < -0.4 is 0 Å². The summed E-state index contributed by atoms with van der Waals surface area (Å²) in [6.07, 6.45) is 0. The Balaban J connectivity index is 1.35. The number of ether oxygens (including phenoxy) is 1. The summed E-state index contributed by atoms with van der Waals surface area (Å²) in [6, 6.07) is 39.0. The maximum absolute atomic E-state index is 13.4. The Morgan fingerprint density at radius 3 is 1.32 bits per heavy atom. The van der Waals surface area contributed by atoms with Gasteiger partial charge in [-0.25, -0.2) is 9.59 Å². The second-order valence-electron chi connectivity index (χ2n) is 9.00. The fourth-order valence-electron chi connectivity index (χ4n) is 4.82. The molecule has 0 aliphatic heterocycles. The summed E-state index contributed by atoms with van der Waals surface area (Å²) < 4.78 is 9.32. The Morgan fingerprint density at radius 2 is 0.892 bits per heavy atom. The van der Waals surface area contributed by atoms with E-state index < -0.39 is 11.9 Å². The molecule has 0 amide bonds. The van der Waals surface area contributed by atoms with Gasteiger partial charge in [-0.2, -0.15) is 0 Å². The molecule has 5 nitrogen and oxygen atoms in total. The molecule has 37 heavy (non-hydrogen) atoms. The van der Waals surface area contributed by atoms with Crippen LogP contribution in [-0.4, -0.2) is 21.1 Å². The number of rotatable bonds is 6. The van der Waals surface area contributed by atoms with E-state index in [9.17, 15) is 9.59 Å². The highest BCUT2D eigenvalue weighted by atomic mass is 16.6. The Hall–Kier alpha value is -4.90. The first-order chi connectivity index (χ1) is 18.2.